The quantitative estimate of drug-likeness (QED) is 0.601. The molecule has 2 aromatic rings. The van der Waals surface area contributed by atoms with Crippen LogP contribution in [0.15, 0.2) is 30.3 Å². The van der Waals surface area contributed by atoms with Gasteiger partial charge >= 0.3 is 0 Å². The zero-order chi connectivity index (χ0) is 8.55. The summed E-state index contributed by atoms with van der Waals surface area (Å²) < 4.78 is 2.22. The summed E-state index contributed by atoms with van der Waals surface area (Å²) in [5, 5.41) is 1.28. The predicted octanol–water partition coefficient (Wildman–Crippen LogP) is 2.84. The molecule has 1 heteroatoms. The maximum absolute atomic E-state index is 3.99. The standard InChI is InChI=1S/C11H12N/c1-3-12-9(2)8-10-6-4-5-7-11(10)12/h4-8H,2-3H2,1H3. The third-order valence-corrected chi connectivity index (χ3v) is 2.21. The van der Waals surface area contributed by atoms with Gasteiger partial charge in [0.15, 0.2) is 0 Å². The van der Waals surface area contributed by atoms with Crippen molar-refractivity contribution < 1.29 is 0 Å². The number of aryl methyl sites for hydroxylation is 1. The van der Waals surface area contributed by atoms with Gasteiger partial charge in [-0.15, -0.1) is 0 Å². The first-order valence-corrected chi connectivity index (χ1v) is 4.23. The fourth-order valence-corrected chi connectivity index (χ4v) is 1.64. The van der Waals surface area contributed by atoms with E-state index in [-0.39, 0.29) is 0 Å². The second kappa shape index (κ2) is 2.67. The Kier molecular flexibility index (Phi) is 1.65. The number of aromatic nitrogens is 1. The molecule has 0 aliphatic carbocycles. The number of hydrogen-bond acceptors (Lipinski definition) is 0. The maximum Gasteiger partial charge on any atom is 0.0482 e. The molecule has 0 bridgehead atoms. The van der Waals surface area contributed by atoms with Crippen molar-refractivity contribution in [3.63, 3.8) is 0 Å². The molecular formula is C11H12N. The molecule has 0 unspecified atom stereocenters. The van der Waals surface area contributed by atoms with E-state index < -0.39 is 0 Å². The molecular weight excluding hydrogens is 146 g/mol. The van der Waals surface area contributed by atoms with Crippen molar-refractivity contribution in [2.75, 3.05) is 0 Å². The third kappa shape index (κ3) is 0.934. The molecule has 0 spiro atoms. The van der Waals surface area contributed by atoms with E-state index >= 15 is 0 Å². The smallest absolute Gasteiger partial charge is 0.0482 e. The van der Waals surface area contributed by atoms with Crippen molar-refractivity contribution in [2.45, 2.75) is 13.5 Å². The van der Waals surface area contributed by atoms with Gasteiger partial charge in [0.05, 0.1) is 0 Å². The highest BCUT2D eigenvalue weighted by Gasteiger charge is 2.01. The fraction of sp³-hybridized carbons (Fsp3) is 0.182. The molecule has 1 aromatic carbocycles. The monoisotopic (exact) mass is 158 g/mol. The largest absolute Gasteiger partial charge is 0.345 e. The predicted molar refractivity (Wildman–Crippen MR) is 52.1 cm³/mol. The van der Waals surface area contributed by atoms with Crippen molar-refractivity contribution in [3.8, 4) is 0 Å². The van der Waals surface area contributed by atoms with Crippen LogP contribution in [-0.2, 0) is 6.54 Å². The minimum atomic E-state index is 0.992. The van der Waals surface area contributed by atoms with E-state index in [1.54, 1.807) is 0 Å². The van der Waals surface area contributed by atoms with Gasteiger partial charge in [-0.3, -0.25) is 0 Å². The summed E-state index contributed by atoms with van der Waals surface area (Å²) in [6, 6.07) is 10.5. The lowest BCUT2D eigenvalue weighted by Crippen LogP contribution is -1.94. The van der Waals surface area contributed by atoms with Crippen LogP contribution in [0.4, 0.5) is 0 Å². The second-order valence-corrected chi connectivity index (χ2v) is 2.94. The van der Waals surface area contributed by atoms with Gasteiger partial charge in [-0.2, -0.15) is 0 Å². The van der Waals surface area contributed by atoms with Gasteiger partial charge in [-0.05, 0) is 31.4 Å². The van der Waals surface area contributed by atoms with Crippen molar-refractivity contribution in [1.82, 2.24) is 4.57 Å². The van der Waals surface area contributed by atoms with Crippen LogP contribution in [-0.4, -0.2) is 4.57 Å². The Labute approximate surface area is 72.6 Å². The Morgan fingerprint density at radius 2 is 2.08 bits per heavy atom. The van der Waals surface area contributed by atoms with Crippen molar-refractivity contribution in [1.29, 1.82) is 0 Å². The molecule has 0 atom stereocenters. The Morgan fingerprint density at radius 1 is 1.33 bits per heavy atom. The normalized spacial score (nSPS) is 10.8. The molecule has 1 nitrogen and oxygen atoms in total. The second-order valence-electron chi connectivity index (χ2n) is 2.94. The van der Waals surface area contributed by atoms with Crippen LogP contribution >= 0.6 is 0 Å². The topological polar surface area (TPSA) is 4.93 Å². The molecule has 61 valence electrons. The lowest BCUT2D eigenvalue weighted by atomic mass is 10.2. The van der Waals surface area contributed by atoms with Crippen LogP contribution in [0.3, 0.4) is 0 Å². The minimum absolute atomic E-state index is 0.992. The Bertz CT molecular complexity index is 398. The lowest BCUT2D eigenvalue weighted by molar-refractivity contribution is 0.783. The SMILES string of the molecule is [CH2]c1cc2ccccc2n1CC. The van der Waals surface area contributed by atoms with Crippen LogP contribution in [0.5, 0.6) is 0 Å². The van der Waals surface area contributed by atoms with Gasteiger partial charge in [0.25, 0.3) is 0 Å². The van der Waals surface area contributed by atoms with Gasteiger partial charge in [0.1, 0.15) is 0 Å². The van der Waals surface area contributed by atoms with E-state index in [2.05, 4.69) is 48.7 Å². The van der Waals surface area contributed by atoms with Gasteiger partial charge in [0.2, 0.25) is 0 Å². The third-order valence-electron chi connectivity index (χ3n) is 2.21. The van der Waals surface area contributed by atoms with E-state index in [0.29, 0.717) is 0 Å². The number of hydrogen-bond donors (Lipinski definition) is 0. The molecule has 0 N–H and O–H groups in total. The minimum Gasteiger partial charge on any atom is -0.345 e. The van der Waals surface area contributed by atoms with Crippen LogP contribution in [0.2, 0.25) is 0 Å². The van der Waals surface area contributed by atoms with Crippen molar-refractivity contribution in [3.05, 3.63) is 42.9 Å². The molecule has 0 aliphatic heterocycles. The fourth-order valence-electron chi connectivity index (χ4n) is 1.64. The molecule has 12 heavy (non-hydrogen) atoms. The summed E-state index contributed by atoms with van der Waals surface area (Å²) in [6.07, 6.45) is 0. The number of para-hydroxylation sites is 1. The first-order chi connectivity index (χ1) is 5.83. The van der Waals surface area contributed by atoms with Crippen LogP contribution in [0, 0.1) is 6.92 Å². The molecule has 1 radical (unpaired) electrons. The first-order valence-electron chi connectivity index (χ1n) is 4.23. The van der Waals surface area contributed by atoms with E-state index in [4.69, 9.17) is 0 Å². The molecule has 0 aliphatic rings. The van der Waals surface area contributed by atoms with E-state index in [9.17, 15) is 0 Å². The summed E-state index contributed by atoms with van der Waals surface area (Å²) in [5.74, 6) is 0. The Balaban J connectivity index is 2.81. The van der Waals surface area contributed by atoms with E-state index in [1.807, 2.05) is 0 Å². The van der Waals surface area contributed by atoms with Crippen LogP contribution in [0.1, 0.15) is 12.6 Å². The van der Waals surface area contributed by atoms with Gasteiger partial charge in [-0.1, -0.05) is 18.2 Å². The van der Waals surface area contributed by atoms with Gasteiger partial charge in [-0.25, -0.2) is 0 Å². The summed E-state index contributed by atoms with van der Waals surface area (Å²) in [5.41, 5.74) is 2.38. The van der Waals surface area contributed by atoms with E-state index in [1.165, 1.54) is 10.9 Å². The highest BCUT2D eigenvalue weighted by atomic mass is 15.0. The number of nitrogens with zero attached hydrogens (tertiary/aromatic N) is 1. The molecule has 0 fully saturated rings. The highest BCUT2D eigenvalue weighted by Crippen LogP contribution is 2.18. The van der Waals surface area contributed by atoms with Gasteiger partial charge in [0, 0.05) is 17.8 Å². The Hall–Kier alpha value is -1.24. The maximum atomic E-state index is 3.99. The van der Waals surface area contributed by atoms with Crippen LogP contribution in [0.25, 0.3) is 10.9 Å². The zero-order valence-corrected chi connectivity index (χ0v) is 7.25. The summed E-state index contributed by atoms with van der Waals surface area (Å²) in [7, 11) is 0. The summed E-state index contributed by atoms with van der Waals surface area (Å²) in [4.78, 5) is 0. The number of fused-ring (bicyclic) bond motifs is 1. The van der Waals surface area contributed by atoms with Crippen molar-refractivity contribution in [2.24, 2.45) is 0 Å². The molecule has 0 amide bonds. The molecule has 1 aromatic heterocycles. The van der Waals surface area contributed by atoms with E-state index in [0.717, 1.165) is 12.2 Å². The molecule has 0 saturated heterocycles. The lowest BCUT2D eigenvalue weighted by Gasteiger charge is -2.02. The molecule has 2 rings (SSSR count). The van der Waals surface area contributed by atoms with Crippen molar-refractivity contribution >= 4 is 10.9 Å². The molecule has 0 saturated carbocycles. The van der Waals surface area contributed by atoms with Gasteiger partial charge < -0.3 is 4.57 Å². The Morgan fingerprint density at radius 3 is 2.83 bits per heavy atom. The highest BCUT2D eigenvalue weighted by molar-refractivity contribution is 5.81. The summed E-state index contributed by atoms with van der Waals surface area (Å²) >= 11 is 0. The molecule has 1 heterocycles. The number of rotatable bonds is 1. The van der Waals surface area contributed by atoms with Crippen LogP contribution < -0.4 is 0 Å². The zero-order valence-electron chi connectivity index (χ0n) is 7.25. The number of benzene rings is 1. The average Bonchev–Trinajstić information content (AvgIpc) is 2.40. The summed E-state index contributed by atoms with van der Waals surface area (Å²) in [6.45, 7) is 7.12. The first kappa shape index (κ1) is 7.41. The average molecular weight is 158 g/mol.